The molecule has 9 nitrogen and oxygen atoms in total. The van der Waals surface area contributed by atoms with Gasteiger partial charge >= 0.3 is 0 Å². The molecule has 0 aliphatic carbocycles. The Labute approximate surface area is 199 Å². The van der Waals surface area contributed by atoms with Gasteiger partial charge in [-0.3, -0.25) is 10.1 Å². The van der Waals surface area contributed by atoms with E-state index in [1.165, 1.54) is 0 Å². The highest BCUT2D eigenvalue weighted by Gasteiger charge is 2.19. The number of ether oxygens (including phenoxy) is 2. The number of nitrogens with zero attached hydrogens (tertiary/aromatic N) is 5. The van der Waals surface area contributed by atoms with E-state index in [9.17, 15) is 4.79 Å². The lowest BCUT2D eigenvalue weighted by atomic mass is 10.00. The second-order valence-electron chi connectivity index (χ2n) is 8.31. The van der Waals surface area contributed by atoms with E-state index in [1.807, 2.05) is 52.1 Å². The van der Waals surface area contributed by atoms with Crippen molar-refractivity contribution in [1.82, 2.24) is 24.3 Å². The Balaban J connectivity index is 1.52. The summed E-state index contributed by atoms with van der Waals surface area (Å²) in [5.74, 6) is 1.03. The van der Waals surface area contributed by atoms with Gasteiger partial charge in [-0.25, -0.2) is 14.6 Å². The number of benzene rings is 1. The smallest absolute Gasteiger partial charge is 0.242 e. The molecule has 0 fully saturated rings. The number of carbonyl (C=O) groups excluding carboxylic acids is 1. The molecule has 0 spiro atoms. The number of anilines is 1. The van der Waals surface area contributed by atoms with E-state index in [0.717, 1.165) is 51.9 Å². The fourth-order valence-corrected chi connectivity index (χ4v) is 4.40. The summed E-state index contributed by atoms with van der Waals surface area (Å²) in [6, 6.07) is 7.91. The minimum absolute atomic E-state index is 0.0848. The number of amides is 1. The first-order valence-electron chi connectivity index (χ1n) is 11.6. The molecule has 3 heterocycles. The van der Waals surface area contributed by atoms with Gasteiger partial charge in [-0.2, -0.15) is 0 Å². The Morgan fingerprint density at radius 1 is 1.18 bits per heavy atom. The van der Waals surface area contributed by atoms with Gasteiger partial charge in [0, 0.05) is 38.9 Å². The van der Waals surface area contributed by atoms with Crippen molar-refractivity contribution in [2.24, 2.45) is 7.05 Å². The molecule has 4 aromatic rings. The van der Waals surface area contributed by atoms with Gasteiger partial charge in [0.25, 0.3) is 0 Å². The van der Waals surface area contributed by atoms with Crippen LogP contribution in [0, 0.1) is 13.8 Å². The quantitative estimate of drug-likeness (QED) is 0.357. The zero-order valence-electron chi connectivity index (χ0n) is 20.5. The first-order valence-corrected chi connectivity index (χ1v) is 11.6. The molecule has 0 aliphatic heterocycles. The van der Waals surface area contributed by atoms with E-state index < -0.39 is 0 Å². The lowest BCUT2D eigenvalue weighted by molar-refractivity contribution is -0.116. The van der Waals surface area contributed by atoms with E-state index in [1.54, 1.807) is 11.8 Å². The molecule has 0 unspecified atom stereocenters. The number of fused-ring (bicyclic) bond motifs is 2. The first-order chi connectivity index (χ1) is 16.4. The van der Waals surface area contributed by atoms with Crippen LogP contribution in [0.5, 0.6) is 5.88 Å². The predicted octanol–water partition coefficient (Wildman–Crippen LogP) is 3.94. The average Bonchev–Trinajstić information content (AvgIpc) is 3.33. The van der Waals surface area contributed by atoms with Crippen LogP contribution in [0.2, 0.25) is 0 Å². The number of para-hydroxylation sites is 2. The summed E-state index contributed by atoms with van der Waals surface area (Å²) in [6.45, 7) is 8.07. The molecule has 0 saturated heterocycles. The van der Waals surface area contributed by atoms with Crippen molar-refractivity contribution in [1.29, 1.82) is 0 Å². The largest absolute Gasteiger partial charge is 0.479 e. The number of imidazole rings is 1. The minimum Gasteiger partial charge on any atom is -0.479 e. The summed E-state index contributed by atoms with van der Waals surface area (Å²) >= 11 is 0. The van der Waals surface area contributed by atoms with Crippen LogP contribution in [0.15, 0.2) is 24.3 Å². The third kappa shape index (κ3) is 4.61. The summed E-state index contributed by atoms with van der Waals surface area (Å²) in [4.78, 5) is 22.3. The number of aromatic nitrogens is 5. The molecule has 9 heteroatoms. The number of nitrogens with one attached hydrogen (secondary N) is 1. The van der Waals surface area contributed by atoms with Crippen LogP contribution in [0.4, 0.5) is 5.95 Å². The monoisotopic (exact) mass is 464 g/mol. The highest BCUT2D eigenvalue weighted by molar-refractivity contribution is 5.92. The van der Waals surface area contributed by atoms with Crippen LogP contribution >= 0.6 is 0 Å². The molecule has 0 atom stereocenters. The highest BCUT2D eigenvalue weighted by atomic mass is 16.5. The SMILES string of the molecule is CCOCCCn1c(NC(=O)CCc2c(C)nc3c(c(OC)nn3C)c2C)nc2ccccc21. The molecule has 180 valence electrons. The standard InChI is InChI=1S/C25H32N6O3/c1-6-34-15-9-14-31-20-11-8-7-10-19(20)27-25(31)28-21(32)13-12-18-16(2)22-23(26-17(18)3)30(4)29-24(22)33-5/h7-8,10-11H,6,9,12-15H2,1-5H3,(H,27,28,32). The number of carbonyl (C=O) groups is 1. The van der Waals surface area contributed by atoms with Gasteiger partial charge in [0.05, 0.1) is 23.5 Å². The van der Waals surface area contributed by atoms with Gasteiger partial charge in [-0.05, 0) is 56.9 Å². The van der Waals surface area contributed by atoms with Crippen molar-refractivity contribution in [3.8, 4) is 5.88 Å². The summed E-state index contributed by atoms with van der Waals surface area (Å²) in [5, 5.41) is 8.32. The molecule has 1 amide bonds. The van der Waals surface area contributed by atoms with Crippen LogP contribution in [0.1, 0.15) is 36.6 Å². The van der Waals surface area contributed by atoms with Gasteiger partial charge in [0.2, 0.25) is 17.7 Å². The molecule has 1 aromatic carbocycles. The molecule has 34 heavy (non-hydrogen) atoms. The Kier molecular flexibility index (Phi) is 7.12. The molecular weight excluding hydrogens is 432 g/mol. The summed E-state index contributed by atoms with van der Waals surface area (Å²) < 4.78 is 14.7. The normalized spacial score (nSPS) is 11.4. The number of hydrogen-bond acceptors (Lipinski definition) is 6. The fourth-order valence-electron chi connectivity index (χ4n) is 4.40. The minimum atomic E-state index is -0.0848. The molecule has 0 radical (unpaired) electrons. The maximum absolute atomic E-state index is 13.0. The lowest BCUT2D eigenvalue weighted by Gasteiger charge is -2.12. The Bertz CT molecular complexity index is 1320. The van der Waals surface area contributed by atoms with Crippen LogP contribution in [-0.2, 0) is 29.5 Å². The summed E-state index contributed by atoms with van der Waals surface area (Å²) in [7, 11) is 3.46. The van der Waals surface area contributed by atoms with Gasteiger partial charge in [-0.1, -0.05) is 12.1 Å². The third-order valence-corrected chi connectivity index (χ3v) is 6.10. The van der Waals surface area contributed by atoms with Crippen molar-refractivity contribution in [3.05, 3.63) is 41.1 Å². The number of aryl methyl sites for hydroxylation is 4. The van der Waals surface area contributed by atoms with Crippen molar-refractivity contribution in [2.45, 2.75) is 46.6 Å². The zero-order chi connectivity index (χ0) is 24.2. The number of methoxy groups -OCH3 is 1. The van der Waals surface area contributed by atoms with Crippen molar-refractivity contribution < 1.29 is 14.3 Å². The van der Waals surface area contributed by atoms with E-state index in [2.05, 4.69) is 20.0 Å². The van der Waals surface area contributed by atoms with Crippen molar-refractivity contribution in [3.63, 3.8) is 0 Å². The second-order valence-corrected chi connectivity index (χ2v) is 8.31. The maximum Gasteiger partial charge on any atom is 0.242 e. The number of pyridine rings is 1. The molecule has 0 aliphatic rings. The van der Waals surface area contributed by atoms with Gasteiger partial charge in [0.15, 0.2) is 5.65 Å². The molecular formula is C25H32N6O3. The van der Waals surface area contributed by atoms with Crippen LogP contribution < -0.4 is 10.1 Å². The zero-order valence-corrected chi connectivity index (χ0v) is 20.5. The Morgan fingerprint density at radius 3 is 2.74 bits per heavy atom. The fraction of sp³-hybridized carbons (Fsp3) is 0.440. The third-order valence-electron chi connectivity index (χ3n) is 6.10. The Hall–Kier alpha value is -3.46. The summed E-state index contributed by atoms with van der Waals surface area (Å²) in [5.41, 5.74) is 5.62. The van der Waals surface area contributed by atoms with E-state index in [4.69, 9.17) is 14.5 Å². The topological polar surface area (TPSA) is 96.1 Å². The van der Waals surface area contributed by atoms with Gasteiger partial charge in [-0.15, -0.1) is 5.10 Å². The number of rotatable bonds is 10. The van der Waals surface area contributed by atoms with Gasteiger partial charge < -0.3 is 14.0 Å². The molecule has 4 rings (SSSR count). The maximum atomic E-state index is 13.0. The molecule has 0 saturated carbocycles. The molecule has 3 aromatic heterocycles. The van der Waals surface area contributed by atoms with E-state index in [-0.39, 0.29) is 5.91 Å². The predicted molar refractivity (Wildman–Crippen MR) is 132 cm³/mol. The average molecular weight is 465 g/mol. The van der Waals surface area contributed by atoms with Crippen molar-refractivity contribution in [2.75, 3.05) is 25.6 Å². The lowest BCUT2D eigenvalue weighted by Crippen LogP contribution is -2.17. The van der Waals surface area contributed by atoms with Crippen LogP contribution in [0.25, 0.3) is 22.1 Å². The summed E-state index contributed by atoms with van der Waals surface area (Å²) in [6.07, 6.45) is 1.72. The van der Waals surface area contributed by atoms with E-state index in [0.29, 0.717) is 37.9 Å². The highest BCUT2D eigenvalue weighted by Crippen LogP contribution is 2.30. The molecule has 1 N–H and O–H groups in total. The van der Waals surface area contributed by atoms with Gasteiger partial charge in [0.1, 0.15) is 0 Å². The van der Waals surface area contributed by atoms with Crippen LogP contribution in [0.3, 0.4) is 0 Å². The number of hydrogen-bond donors (Lipinski definition) is 1. The van der Waals surface area contributed by atoms with E-state index >= 15 is 0 Å². The first kappa shape index (κ1) is 23.7. The molecule has 0 bridgehead atoms. The van der Waals surface area contributed by atoms with Crippen LogP contribution in [-0.4, -0.2) is 50.5 Å². The second kappa shape index (κ2) is 10.2. The Morgan fingerprint density at radius 2 is 1.97 bits per heavy atom. The van der Waals surface area contributed by atoms with Crippen molar-refractivity contribution >= 4 is 33.9 Å².